The zero-order valence-corrected chi connectivity index (χ0v) is 13.7. The molecule has 1 aliphatic carbocycles. The fraction of sp³-hybridized carbons (Fsp3) is 0.316. The summed E-state index contributed by atoms with van der Waals surface area (Å²) in [5, 5.41) is 20.4. The number of hydrogen-bond acceptors (Lipinski definition) is 4. The van der Waals surface area contributed by atoms with Crippen molar-refractivity contribution in [2.24, 2.45) is 5.92 Å². The zero-order valence-electron chi connectivity index (χ0n) is 13.7. The fourth-order valence-corrected chi connectivity index (χ4v) is 3.26. The maximum Gasteiger partial charge on any atom is 0.311 e. The van der Waals surface area contributed by atoms with E-state index in [2.05, 4.69) is 0 Å². The first-order valence-corrected chi connectivity index (χ1v) is 8.21. The van der Waals surface area contributed by atoms with E-state index in [1.165, 1.54) is 0 Å². The molecule has 1 N–H and O–H groups in total. The largest absolute Gasteiger partial charge is 0.482 e. The van der Waals surface area contributed by atoms with Crippen molar-refractivity contribution in [3.05, 3.63) is 69.3 Å². The fourth-order valence-electron chi connectivity index (χ4n) is 3.26. The monoisotopic (exact) mass is 341 g/mol. The molecule has 2 aromatic rings. The Hall–Kier alpha value is -2.89. The number of hydrogen-bond donors (Lipinski definition) is 1. The summed E-state index contributed by atoms with van der Waals surface area (Å²) >= 11 is 0. The summed E-state index contributed by atoms with van der Waals surface area (Å²) in [6.45, 7) is 0.249. The van der Waals surface area contributed by atoms with Gasteiger partial charge in [0.2, 0.25) is 0 Å². The molecule has 1 atom stereocenters. The van der Waals surface area contributed by atoms with Crippen LogP contribution in [-0.4, -0.2) is 16.0 Å². The Labute approximate surface area is 145 Å². The Balaban J connectivity index is 1.84. The van der Waals surface area contributed by atoms with Crippen LogP contribution in [0.15, 0.2) is 42.5 Å². The minimum Gasteiger partial charge on any atom is -0.482 e. The number of ether oxygens (including phenoxy) is 1. The predicted molar refractivity (Wildman–Crippen MR) is 91.6 cm³/mol. The van der Waals surface area contributed by atoms with Gasteiger partial charge in [-0.3, -0.25) is 14.9 Å². The third-order valence-corrected chi connectivity index (χ3v) is 4.51. The SMILES string of the molecule is O=C(O)CC1CCc2cc([N+](=O)[O-])c(OCc3ccccc3)cc2C1. The maximum absolute atomic E-state index is 11.4. The topological polar surface area (TPSA) is 89.7 Å². The molecule has 130 valence electrons. The zero-order chi connectivity index (χ0) is 17.8. The van der Waals surface area contributed by atoms with Gasteiger partial charge in [-0.1, -0.05) is 30.3 Å². The first-order valence-electron chi connectivity index (χ1n) is 8.21. The summed E-state index contributed by atoms with van der Waals surface area (Å²) in [5.74, 6) is -0.507. The van der Waals surface area contributed by atoms with Gasteiger partial charge in [0.15, 0.2) is 5.75 Å². The second kappa shape index (κ2) is 7.34. The molecule has 1 unspecified atom stereocenters. The van der Waals surface area contributed by atoms with E-state index in [0.29, 0.717) is 12.8 Å². The lowest BCUT2D eigenvalue weighted by molar-refractivity contribution is -0.386. The summed E-state index contributed by atoms with van der Waals surface area (Å²) in [7, 11) is 0. The highest BCUT2D eigenvalue weighted by Gasteiger charge is 2.26. The Morgan fingerprint density at radius 2 is 2.00 bits per heavy atom. The number of carboxylic acid groups (broad SMARTS) is 1. The molecule has 0 bridgehead atoms. The first kappa shape index (κ1) is 17.0. The number of carbonyl (C=O) groups is 1. The van der Waals surface area contributed by atoms with Crippen LogP contribution in [0.5, 0.6) is 5.75 Å². The lowest BCUT2D eigenvalue weighted by Crippen LogP contribution is -2.18. The number of nitrogens with zero attached hydrogens (tertiary/aromatic N) is 1. The van der Waals surface area contributed by atoms with Gasteiger partial charge in [-0.05, 0) is 47.9 Å². The minimum atomic E-state index is -0.809. The first-order chi connectivity index (χ1) is 12.0. The molecule has 0 spiro atoms. The van der Waals surface area contributed by atoms with Gasteiger partial charge in [-0.25, -0.2) is 0 Å². The number of nitro groups is 1. The summed E-state index contributed by atoms with van der Waals surface area (Å²) in [6.07, 6.45) is 2.13. The van der Waals surface area contributed by atoms with Crippen LogP contribution < -0.4 is 4.74 Å². The van der Waals surface area contributed by atoms with Crippen LogP contribution in [0.1, 0.15) is 29.5 Å². The number of aryl methyl sites for hydroxylation is 1. The van der Waals surface area contributed by atoms with Crippen molar-refractivity contribution in [2.45, 2.75) is 32.3 Å². The molecule has 0 heterocycles. The van der Waals surface area contributed by atoms with Crippen molar-refractivity contribution in [1.29, 1.82) is 0 Å². The van der Waals surface area contributed by atoms with Crippen LogP contribution in [0.4, 0.5) is 5.69 Å². The number of benzene rings is 2. The molecular formula is C19H19NO5. The second-order valence-electron chi connectivity index (χ2n) is 6.33. The summed E-state index contributed by atoms with van der Waals surface area (Å²) < 4.78 is 5.71. The van der Waals surface area contributed by atoms with Crippen LogP contribution in [0.3, 0.4) is 0 Å². The molecule has 0 saturated carbocycles. The predicted octanol–water partition coefficient (Wildman–Crippen LogP) is 3.75. The van der Waals surface area contributed by atoms with Crippen molar-refractivity contribution in [3.8, 4) is 5.75 Å². The summed E-state index contributed by atoms with van der Waals surface area (Å²) in [4.78, 5) is 21.9. The molecule has 0 aromatic heterocycles. The number of fused-ring (bicyclic) bond motifs is 1. The number of aliphatic carboxylic acids is 1. The molecule has 3 rings (SSSR count). The lowest BCUT2D eigenvalue weighted by Gasteiger charge is -2.24. The minimum absolute atomic E-state index is 0.0358. The van der Waals surface area contributed by atoms with E-state index < -0.39 is 10.9 Å². The normalized spacial score (nSPS) is 16.1. The Morgan fingerprint density at radius 3 is 2.68 bits per heavy atom. The van der Waals surface area contributed by atoms with Crippen molar-refractivity contribution < 1.29 is 19.6 Å². The lowest BCUT2D eigenvalue weighted by atomic mass is 9.82. The van der Waals surface area contributed by atoms with E-state index in [4.69, 9.17) is 9.84 Å². The van der Waals surface area contributed by atoms with E-state index in [9.17, 15) is 14.9 Å². The molecular weight excluding hydrogens is 322 g/mol. The Kier molecular flexibility index (Phi) is 4.97. The number of nitro benzene ring substituents is 1. The van der Waals surface area contributed by atoms with Gasteiger partial charge in [0.25, 0.3) is 0 Å². The van der Waals surface area contributed by atoms with E-state index in [1.54, 1.807) is 12.1 Å². The van der Waals surface area contributed by atoms with Crippen molar-refractivity contribution in [2.75, 3.05) is 0 Å². The molecule has 1 aliphatic rings. The van der Waals surface area contributed by atoms with Gasteiger partial charge in [-0.2, -0.15) is 0 Å². The number of carboxylic acids is 1. The van der Waals surface area contributed by atoms with Crippen LogP contribution >= 0.6 is 0 Å². The number of rotatable bonds is 6. The van der Waals surface area contributed by atoms with Gasteiger partial charge in [0.1, 0.15) is 6.61 Å². The molecule has 0 aliphatic heterocycles. The average Bonchev–Trinajstić information content (AvgIpc) is 2.59. The third kappa shape index (κ3) is 4.15. The molecule has 6 heteroatoms. The summed E-state index contributed by atoms with van der Waals surface area (Å²) in [5.41, 5.74) is 2.76. The van der Waals surface area contributed by atoms with Gasteiger partial charge in [0.05, 0.1) is 4.92 Å². The molecule has 25 heavy (non-hydrogen) atoms. The van der Waals surface area contributed by atoms with Gasteiger partial charge in [0, 0.05) is 12.5 Å². The quantitative estimate of drug-likeness (QED) is 0.638. The highest BCUT2D eigenvalue weighted by Crippen LogP contribution is 2.36. The van der Waals surface area contributed by atoms with Crippen LogP contribution in [0.25, 0.3) is 0 Å². The van der Waals surface area contributed by atoms with Crippen molar-refractivity contribution >= 4 is 11.7 Å². The van der Waals surface area contributed by atoms with Gasteiger partial charge >= 0.3 is 11.7 Å². The third-order valence-electron chi connectivity index (χ3n) is 4.51. The molecule has 0 saturated heterocycles. The molecule has 2 aromatic carbocycles. The maximum atomic E-state index is 11.4. The molecule has 6 nitrogen and oxygen atoms in total. The van der Waals surface area contributed by atoms with Crippen molar-refractivity contribution in [3.63, 3.8) is 0 Å². The standard InChI is InChI=1S/C19H19NO5/c21-19(22)9-14-6-7-15-10-17(20(23)24)18(11-16(15)8-14)25-12-13-4-2-1-3-5-13/h1-5,10-11,14H,6-9,12H2,(H,21,22). The molecule has 0 fully saturated rings. The van der Waals surface area contributed by atoms with Crippen LogP contribution in [0, 0.1) is 16.0 Å². The van der Waals surface area contributed by atoms with Crippen LogP contribution in [0.2, 0.25) is 0 Å². The average molecular weight is 341 g/mol. The van der Waals surface area contributed by atoms with Crippen molar-refractivity contribution in [1.82, 2.24) is 0 Å². The van der Waals surface area contributed by atoms with E-state index in [-0.39, 0.29) is 30.4 Å². The molecule has 0 radical (unpaired) electrons. The summed E-state index contributed by atoms with van der Waals surface area (Å²) in [6, 6.07) is 12.7. The highest BCUT2D eigenvalue weighted by atomic mass is 16.6. The van der Waals surface area contributed by atoms with E-state index >= 15 is 0 Å². The van der Waals surface area contributed by atoms with E-state index in [0.717, 1.165) is 23.1 Å². The van der Waals surface area contributed by atoms with Gasteiger partial charge in [-0.15, -0.1) is 0 Å². The van der Waals surface area contributed by atoms with E-state index in [1.807, 2.05) is 30.3 Å². The smallest absolute Gasteiger partial charge is 0.311 e. The molecule has 0 amide bonds. The Bertz CT molecular complexity index is 788. The highest BCUT2D eigenvalue weighted by molar-refractivity contribution is 5.67. The van der Waals surface area contributed by atoms with Crippen LogP contribution in [-0.2, 0) is 24.2 Å². The second-order valence-corrected chi connectivity index (χ2v) is 6.33. The van der Waals surface area contributed by atoms with Gasteiger partial charge < -0.3 is 9.84 Å². The Morgan fingerprint density at radius 1 is 1.24 bits per heavy atom.